The molecule has 0 saturated heterocycles. The van der Waals surface area contributed by atoms with E-state index in [1.807, 2.05) is 26.0 Å². The highest BCUT2D eigenvalue weighted by molar-refractivity contribution is 6.29. The first-order valence-corrected chi connectivity index (χ1v) is 6.68. The lowest BCUT2D eigenvalue weighted by molar-refractivity contribution is 0.338. The molecular weight excluding hydrogens is 264 g/mol. The number of rotatable bonds is 6. The van der Waals surface area contributed by atoms with Crippen molar-refractivity contribution < 1.29 is 9.15 Å². The molecule has 0 aliphatic rings. The van der Waals surface area contributed by atoms with Gasteiger partial charge in [0.15, 0.2) is 5.22 Å². The number of hydrogen-bond donors (Lipinski definition) is 1. The molecule has 1 unspecified atom stereocenters. The molecule has 5 heteroatoms. The number of nitrogens with one attached hydrogen (secondary N) is 1. The summed E-state index contributed by atoms with van der Waals surface area (Å²) in [6.07, 6.45) is 5.09. The van der Waals surface area contributed by atoms with Crippen molar-refractivity contribution in [2.24, 2.45) is 0 Å². The monoisotopic (exact) mass is 280 g/mol. The molecule has 0 radical (unpaired) electrons. The second kappa shape index (κ2) is 6.59. The molecule has 4 nitrogen and oxygen atoms in total. The van der Waals surface area contributed by atoms with E-state index in [4.69, 9.17) is 20.8 Å². The minimum atomic E-state index is -0.0517. The van der Waals surface area contributed by atoms with Gasteiger partial charge in [-0.05, 0) is 42.8 Å². The van der Waals surface area contributed by atoms with Gasteiger partial charge in [-0.2, -0.15) is 0 Å². The fourth-order valence-electron chi connectivity index (χ4n) is 1.96. The number of halogens is 1. The van der Waals surface area contributed by atoms with Gasteiger partial charge in [0.2, 0.25) is 0 Å². The van der Waals surface area contributed by atoms with Gasteiger partial charge in [-0.1, -0.05) is 6.92 Å². The molecule has 2 aromatic heterocycles. The Bertz CT molecular complexity index is 528. The molecule has 0 spiro atoms. The van der Waals surface area contributed by atoms with E-state index in [1.54, 1.807) is 18.7 Å². The molecule has 0 aliphatic carbocycles. The van der Waals surface area contributed by atoms with Crippen molar-refractivity contribution in [2.45, 2.75) is 19.9 Å². The lowest BCUT2D eigenvalue weighted by Gasteiger charge is -2.17. The van der Waals surface area contributed by atoms with Gasteiger partial charge >= 0.3 is 0 Å². The van der Waals surface area contributed by atoms with Gasteiger partial charge in [0.1, 0.15) is 5.75 Å². The summed E-state index contributed by atoms with van der Waals surface area (Å²) in [6, 6.07) is 3.78. The smallest absolute Gasteiger partial charge is 0.198 e. The van der Waals surface area contributed by atoms with E-state index in [2.05, 4.69) is 10.3 Å². The first-order valence-electron chi connectivity index (χ1n) is 6.30. The van der Waals surface area contributed by atoms with Crippen molar-refractivity contribution in [2.75, 3.05) is 13.2 Å². The lowest BCUT2D eigenvalue weighted by Crippen LogP contribution is -2.22. The summed E-state index contributed by atoms with van der Waals surface area (Å²) in [5.41, 5.74) is 1.90. The van der Waals surface area contributed by atoms with Crippen molar-refractivity contribution >= 4 is 11.6 Å². The fourth-order valence-corrected chi connectivity index (χ4v) is 2.18. The third kappa shape index (κ3) is 3.28. The SMILES string of the molecule is CCNC(c1cncc(OCC)c1)c1ccoc1Cl. The standard InChI is InChI=1S/C14H17ClN2O2/c1-3-17-13(12-5-6-19-14(12)15)10-7-11(18-4-2)9-16-8-10/h5-9,13,17H,3-4H2,1-2H3. The van der Waals surface area contributed by atoms with Crippen molar-refractivity contribution in [3.63, 3.8) is 0 Å². The maximum atomic E-state index is 6.06. The van der Waals surface area contributed by atoms with Crippen LogP contribution in [-0.4, -0.2) is 18.1 Å². The van der Waals surface area contributed by atoms with E-state index < -0.39 is 0 Å². The predicted octanol–water partition coefficient (Wildman–Crippen LogP) is 3.43. The van der Waals surface area contributed by atoms with Crippen molar-refractivity contribution in [1.29, 1.82) is 0 Å². The van der Waals surface area contributed by atoms with Crippen LogP contribution in [0.1, 0.15) is 31.0 Å². The van der Waals surface area contributed by atoms with Gasteiger partial charge in [-0.3, -0.25) is 4.98 Å². The third-order valence-corrected chi connectivity index (χ3v) is 3.05. The molecular formula is C14H17ClN2O2. The van der Waals surface area contributed by atoms with Crippen molar-refractivity contribution in [1.82, 2.24) is 10.3 Å². The Labute approximate surface area is 117 Å². The summed E-state index contributed by atoms with van der Waals surface area (Å²) in [6.45, 7) is 5.41. The Morgan fingerprint density at radius 1 is 1.42 bits per heavy atom. The minimum Gasteiger partial charge on any atom is -0.492 e. The molecule has 1 N–H and O–H groups in total. The maximum absolute atomic E-state index is 6.06. The number of aromatic nitrogens is 1. The zero-order chi connectivity index (χ0) is 13.7. The van der Waals surface area contributed by atoms with Gasteiger partial charge in [0, 0.05) is 11.8 Å². The maximum Gasteiger partial charge on any atom is 0.198 e. The van der Waals surface area contributed by atoms with E-state index in [0.717, 1.165) is 23.4 Å². The van der Waals surface area contributed by atoms with Crippen molar-refractivity contribution in [3.05, 3.63) is 47.1 Å². The third-order valence-electron chi connectivity index (χ3n) is 2.74. The van der Waals surface area contributed by atoms with E-state index in [1.165, 1.54) is 0 Å². The number of ether oxygens (including phenoxy) is 1. The number of pyridine rings is 1. The molecule has 19 heavy (non-hydrogen) atoms. The molecule has 0 fully saturated rings. The predicted molar refractivity (Wildman–Crippen MR) is 74.6 cm³/mol. The first kappa shape index (κ1) is 13.9. The number of furan rings is 1. The topological polar surface area (TPSA) is 47.3 Å². The highest BCUT2D eigenvalue weighted by atomic mass is 35.5. The van der Waals surface area contributed by atoms with Crippen LogP contribution in [0.2, 0.25) is 5.22 Å². The summed E-state index contributed by atoms with van der Waals surface area (Å²) in [5, 5.41) is 3.77. The zero-order valence-corrected chi connectivity index (χ0v) is 11.8. The summed E-state index contributed by atoms with van der Waals surface area (Å²) in [4.78, 5) is 4.21. The van der Waals surface area contributed by atoms with Crippen LogP contribution in [0.15, 0.2) is 35.2 Å². The van der Waals surface area contributed by atoms with Crippen LogP contribution in [0.5, 0.6) is 5.75 Å². The van der Waals surface area contributed by atoms with E-state index in [0.29, 0.717) is 11.8 Å². The lowest BCUT2D eigenvalue weighted by atomic mass is 10.0. The molecule has 2 heterocycles. The number of nitrogens with zero attached hydrogens (tertiary/aromatic N) is 1. The molecule has 1 atom stereocenters. The van der Waals surface area contributed by atoms with Crippen LogP contribution in [0, 0.1) is 0 Å². The Morgan fingerprint density at radius 3 is 2.89 bits per heavy atom. The Kier molecular flexibility index (Phi) is 4.82. The highest BCUT2D eigenvalue weighted by Crippen LogP contribution is 2.30. The van der Waals surface area contributed by atoms with E-state index >= 15 is 0 Å². The zero-order valence-electron chi connectivity index (χ0n) is 11.0. The van der Waals surface area contributed by atoms with Crippen LogP contribution < -0.4 is 10.1 Å². The molecule has 0 aromatic carbocycles. The van der Waals surface area contributed by atoms with Crippen LogP contribution in [0.4, 0.5) is 0 Å². The molecule has 102 valence electrons. The van der Waals surface area contributed by atoms with Crippen LogP contribution in [-0.2, 0) is 0 Å². The van der Waals surface area contributed by atoms with Gasteiger partial charge in [-0.15, -0.1) is 0 Å². The van der Waals surface area contributed by atoms with Crippen molar-refractivity contribution in [3.8, 4) is 5.75 Å². The molecule has 0 saturated carbocycles. The summed E-state index contributed by atoms with van der Waals surface area (Å²) < 4.78 is 10.6. The second-order valence-electron chi connectivity index (χ2n) is 4.03. The van der Waals surface area contributed by atoms with Gasteiger partial charge in [-0.25, -0.2) is 0 Å². The Balaban J connectivity index is 2.33. The van der Waals surface area contributed by atoms with E-state index in [-0.39, 0.29) is 6.04 Å². The first-order chi connectivity index (χ1) is 9.26. The van der Waals surface area contributed by atoms with Crippen LogP contribution in [0.25, 0.3) is 0 Å². The highest BCUT2D eigenvalue weighted by Gasteiger charge is 2.19. The Morgan fingerprint density at radius 2 is 2.26 bits per heavy atom. The summed E-state index contributed by atoms with van der Waals surface area (Å²) >= 11 is 6.06. The Hall–Kier alpha value is -1.52. The fraction of sp³-hybridized carbons (Fsp3) is 0.357. The van der Waals surface area contributed by atoms with Gasteiger partial charge < -0.3 is 14.5 Å². The summed E-state index contributed by atoms with van der Waals surface area (Å²) in [7, 11) is 0. The molecule has 2 rings (SSSR count). The quantitative estimate of drug-likeness (QED) is 0.881. The van der Waals surface area contributed by atoms with E-state index in [9.17, 15) is 0 Å². The largest absolute Gasteiger partial charge is 0.492 e. The van der Waals surface area contributed by atoms with Crippen LogP contribution >= 0.6 is 11.6 Å². The van der Waals surface area contributed by atoms with Crippen LogP contribution in [0.3, 0.4) is 0 Å². The molecule has 0 aliphatic heterocycles. The molecule has 2 aromatic rings. The number of hydrogen-bond acceptors (Lipinski definition) is 4. The second-order valence-corrected chi connectivity index (χ2v) is 4.37. The normalized spacial score (nSPS) is 12.4. The minimum absolute atomic E-state index is 0.0517. The van der Waals surface area contributed by atoms with Gasteiger partial charge in [0.25, 0.3) is 0 Å². The average molecular weight is 281 g/mol. The molecule has 0 bridgehead atoms. The van der Waals surface area contributed by atoms with Gasteiger partial charge in [0.05, 0.1) is 25.1 Å². The average Bonchev–Trinajstić information content (AvgIpc) is 2.83. The molecule has 0 amide bonds. The summed E-state index contributed by atoms with van der Waals surface area (Å²) in [5.74, 6) is 0.752.